The van der Waals surface area contributed by atoms with Gasteiger partial charge in [-0.25, -0.2) is 9.78 Å². The van der Waals surface area contributed by atoms with Gasteiger partial charge in [0.2, 0.25) is 11.9 Å². The molecule has 1 unspecified atom stereocenters. The maximum atomic E-state index is 13.5. The number of urea groups is 1. The molecular formula is C26H27N10NaO7S2. The molecule has 1 saturated heterocycles. The van der Waals surface area contributed by atoms with E-state index < -0.39 is 46.8 Å². The number of carbonyl (C=O) groups excluding carboxylic acids is 4. The standard InChI is InChI=1S/C26H28N10O7S2.Na/c1-11(2)29-25-27-7-15(20(38)33-25)30-26(43)32-17(12-3-5-14(37)6-4-12)21(39)31-18-22(40)36-19(24(41)42)13(10-45-23(18)36)9-44-16-8-28-35-34-16;/h3-8,11,17-18,23,37H,9-10H2,1-2H3,(H,31,39)(H,41,42)(H,28,34,35)(H2,30,32,43)(H2,27,29,33,38);/q;+1/p-1/t17-,18?,23-;/m1./s1. The molecule has 0 bridgehead atoms. The van der Waals surface area contributed by atoms with E-state index in [1.165, 1.54) is 54.0 Å². The van der Waals surface area contributed by atoms with E-state index in [0.717, 1.165) is 11.1 Å². The number of aromatic hydroxyl groups is 1. The summed E-state index contributed by atoms with van der Waals surface area (Å²) in [5, 5.41) is 42.1. The van der Waals surface area contributed by atoms with Crippen LogP contribution in [0.2, 0.25) is 0 Å². The van der Waals surface area contributed by atoms with E-state index in [-0.39, 0.29) is 75.8 Å². The topological polar surface area (TPSA) is 250 Å². The van der Waals surface area contributed by atoms with Gasteiger partial charge in [0.1, 0.15) is 33.9 Å². The summed E-state index contributed by atoms with van der Waals surface area (Å²) in [6.45, 7) is 3.71. The summed E-state index contributed by atoms with van der Waals surface area (Å²) in [5.74, 6) is -2.36. The van der Waals surface area contributed by atoms with Gasteiger partial charge in [0.15, 0.2) is 0 Å². The number of hydrogen-bond donors (Lipinski definition) is 7. The van der Waals surface area contributed by atoms with Crippen LogP contribution in [0.3, 0.4) is 0 Å². The van der Waals surface area contributed by atoms with Crippen molar-refractivity contribution in [1.29, 1.82) is 0 Å². The summed E-state index contributed by atoms with van der Waals surface area (Å²) in [6.07, 6.45) is 2.64. The quantitative estimate of drug-likeness (QED) is 0.0591. The van der Waals surface area contributed by atoms with E-state index in [1.807, 2.05) is 13.8 Å². The van der Waals surface area contributed by atoms with Gasteiger partial charge in [-0.2, -0.15) is 10.3 Å². The number of phenolic OH excluding ortho intramolecular Hbond substituents is 1. The van der Waals surface area contributed by atoms with Crippen molar-refractivity contribution in [3.8, 4) is 5.75 Å². The minimum atomic E-state index is -1.52. The average molecular weight is 679 g/mol. The van der Waals surface area contributed by atoms with Gasteiger partial charge in [-0.1, -0.05) is 23.9 Å². The Bertz CT molecular complexity index is 1700. The van der Waals surface area contributed by atoms with Gasteiger partial charge in [0.25, 0.3) is 11.5 Å². The molecular weight excluding hydrogens is 651 g/mol. The Morgan fingerprint density at radius 3 is 2.57 bits per heavy atom. The van der Waals surface area contributed by atoms with E-state index in [2.05, 4.69) is 46.6 Å². The molecule has 4 heterocycles. The number of aromatic nitrogens is 5. The van der Waals surface area contributed by atoms with Crippen LogP contribution in [0.5, 0.6) is 5.75 Å². The summed E-state index contributed by atoms with van der Waals surface area (Å²) in [7, 11) is 0. The van der Waals surface area contributed by atoms with Gasteiger partial charge >= 0.3 is 35.6 Å². The molecule has 4 amide bonds. The molecule has 0 aliphatic carbocycles. The zero-order valence-electron chi connectivity index (χ0n) is 24.7. The molecule has 0 saturated carbocycles. The first-order valence-electron chi connectivity index (χ1n) is 13.4. The van der Waals surface area contributed by atoms with Crippen LogP contribution < -0.4 is 61.5 Å². The Balaban J connectivity index is 0.00000480. The molecule has 5 rings (SSSR count). The fraction of sp³-hybridized carbons (Fsp3) is 0.308. The normalized spacial score (nSPS) is 17.7. The Kier molecular flexibility index (Phi) is 11.4. The van der Waals surface area contributed by atoms with Crippen LogP contribution in [0.15, 0.2) is 57.7 Å². The molecule has 2 aromatic heterocycles. The number of benzene rings is 1. The van der Waals surface area contributed by atoms with Crippen molar-refractivity contribution in [2.45, 2.75) is 42.4 Å². The number of carboxylic acids is 1. The number of carboxylic acid groups (broad SMARTS) is 1. The monoisotopic (exact) mass is 678 g/mol. The van der Waals surface area contributed by atoms with Crippen LogP contribution in [0, 0.1) is 0 Å². The Morgan fingerprint density at radius 1 is 1.20 bits per heavy atom. The first-order valence-corrected chi connectivity index (χ1v) is 15.4. The first kappa shape index (κ1) is 34.8. The minimum absolute atomic E-state index is 0. The number of hydrogen-bond acceptors (Lipinski definition) is 13. The first-order chi connectivity index (χ1) is 21.5. The fourth-order valence-electron chi connectivity index (χ4n) is 4.53. The number of H-pyrrole nitrogens is 2. The van der Waals surface area contributed by atoms with Crippen molar-refractivity contribution in [1.82, 2.24) is 40.9 Å². The van der Waals surface area contributed by atoms with Crippen LogP contribution in [0.25, 0.3) is 0 Å². The Hall–Kier alpha value is -4.04. The predicted molar refractivity (Wildman–Crippen MR) is 161 cm³/mol. The third kappa shape index (κ3) is 7.84. The second-order valence-electron chi connectivity index (χ2n) is 10.1. The second kappa shape index (κ2) is 15.0. The third-order valence-corrected chi connectivity index (χ3v) is 8.89. The molecule has 20 heteroatoms. The minimum Gasteiger partial charge on any atom is -0.543 e. The third-order valence-electron chi connectivity index (χ3n) is 6.56. The SMILES string of the molecule is CC(C)Nc1ncc(NC(=O)N[C@@H](C(=O)NC2C(=O)N3C(C(=O)[O-])=C(CSc4cn[nH]n4)CS[C@H]23)c2ccc(O)cc2)c(=O)[nH]1.[Na+]. The number of thioether (sulfide) groups is 2. The second-order valence-corrected chi connectivity index (χ2v) is 12.2. The molecule has 17 nitrogen and oxygen atoms in total. The van der Waals surface area contributed by atoms with Gasteiger partial charge in [-0.3, -0.25) is 24.3 Å². The summed E-state index contributed by atoms with van der Waals surface area (Å²) < 4.78 is 0. The number of phenols is 1. The zero-order valence-corrected chi connectivity index (χ0v) is 28.3. The van der Waals surface area contributed by atoms with Crippen LogP contribution in [0.1, 0.15) is 25.5 Å². The number of rotatable bonds is 11. The number of aromatic amines is 2. The molecule has 2 aliphatic rings. The van der Waals surface area contributed by atoms with Crippen LogP contribution in [-0.2, 0) is 14.4 Å². The number of nitrogens with one attached hydrogen (secondary N) is 6. The van der Waals surface area contributed by atoms with E-state index >= 15 is 0 Å². The molecule has 1 fully saturated rings. The molecule has 7 N–H and O–H groups in total. The summed E-state index contributed by atoms with van der Waals surface area (Å²) >= 11 is 2.51. The van der Waals surface area contributed by atoms with Crippen LogP contribution >= 0.6 is 23.5 Å². The van der Waals surface area contributed by atoms with Crippen LogP contribution in [0.4, 0.5) is 16.4 Å². The number of amides is 4. The number of nitrogens with zero attached hydrogens (tertiary/aromatic N) is 4. The molecule has 3 aromatic rings. The number of β-lactam (4-membered cyclic amide) rings is 1. The molecule has 3 atom stereocenters. The maximum absolute atomic E-state index is 13.5. The van der Waals surface area contributed by atoms with Crippen molar-refractivity contribution >= 4 is 59.0 Å². The molecule has 0 spiro atoms. The van der Waals surface area contributed by atoms with E-state index in [9.17, 15) is 34.2 Å². The zero-order chi connectivity index (χ0) is 32.2. The fourth-order valence-corrected chi connectivity index (χ4v) is 6.80. The smallest absolute Gasteiger partial charge is 0.543 e. The van der Waals surface area contributed by atoms with Gasteiger partial charge in [-0.05, 0) is 37.1 Å². The molecule has 46 heavy (non-hydrogen) atoms. The predicted octanol–water partition coefficient (Wildman–Crippen LogP) is -3.52. The van der Waals surface area contributed by atoms with E-state index in [1.54, 1.807) is 0 Å². The van der Waals surface area contributed by atoms with Crippen molar-refractivity contribution in [2.24, 2.45) is 0 Å². The van der Waals surface area contributed by atoms with E-state index in [4.69, 9.17) is 0 Å². The molecule has 0 radical (unpaired) electrons. The summed E-state index contributed by atoms with van der Waals surface area (Å²) in [5.41, 5.74) is -0.369. The number of carbonyl (C=O) groups is 4. The van der Waals surface area contributed by atoms with Gasteiger partial charge in [0.05, 0.1) is 24.1 Å². The largest absolute Gasteiger partial charge is 1.00 e. The number of anilines is 2. The summed E-state index contributed by atoms with van der Waals surface area (Å²) in [4.78, 5) is 71.8. The Labute approximate surface area is 291 Å². The van der Waals surface area contributed by atoms with E-state index in [0.29, 0.717) is 10.6 Å². The van der Waals surface area contributed by atoms with Gasteiger partial charge in [0, 0.05) is 17.5 Å². The molecule has 1 aromatic carbocycles. The Morgan fingerprint density at radius 2 is 1.93 bits per heavy atom. The van der Waals surface area contributed by atoms with Crippen molar-refractivity contribution in [3.05, 3.63) is 63.8 Å². The maximum Gasteiger partial charge on any atom is 1.00 e. The van der Waals surface area contributed by atoms with Crippen molar-refractivity contribution in [2.75, 3.05) is 22.1 Å². The summed E-state index contributed by atoms with van der Waals surface area (Å²) in [6, 6.07) is 2.03. The number of aliphatic carboxylic acids is 1. The average Bonchev–Trinajstić information content (AvgIpc) is 3.52. The number of fused-ring (bicyclic) bond motifs is 1. The molecule has 236 valence electrons. The van der Waals surface area contributed by atoms with Crippen molar-refractivity contribution in [3.63, 3.8) is 0 Å². The van der Waals surface area contributed by atoms with Crippen molar-refractivity contribution < 1.29 is 58.9 Å². The van der Waals surface area contributed by atoms with Crippen LogP contribution in [-0.4, -0.2) is 88.2 Å². The molecule has 2 aliphatic heterocycles. The van der Waals surface area contributed by atoms with Gasteiger partial charge < -0.3 is 36.3 Å². The van der Waals surface area contributed by atoms with Gasteiger partial charge in [-0.15, -0.1) is 16.9 Å².